The lowest BCUT2D eigenvalue weighted by Crippen LogP contribution is -2.19. The number of anilines is 2. The highest BCUT2D eigenvalue weighted by Gasteiger charge is 2.13. The lowest BCUT2D eigenvalue weighted by atomic mass is 10.3. The van der Waals surface area contributed by atoms with Crippen molar-refractivity contribution in [3.05, 3.63) is 33.5 Å². The van der Waals surface area contributed by atoms with Gasteiger partial charge in [-0.25, -0.2) is 4.39 Å². The van der Waals surface area contributed by atoms with Gasteiger partial charge in [-0.3, -0.25) is 0 Å². The summed E-state index contributed by atoms with van der Waals surface area (Å²) >= 11 is 2.05. The molecule has 7 heteroatoms. The van der Waals surface area contributed by atoms with Gasteiger partial charge in [0.1, 0.15) is 5.82 Å². The first-order valence-electron chi connectivity index (χ1n) is 6.39. The molecule has 1 heterocycles. The van der Waals surface area contributed by atoms with Crippen LogP contribution in [0.4, 0.5) is 16.1 Å². The van der Waals surface area contributed by atoms with E-state index < -0.39 is 0 Å². The Balaban J connectivity index is 2.05. The van der Waals surface area contributed by atoms with Crippen molar-refractivity contribution in [2.45, 2.75) is 26.3 Å². The first-order chi connectivity index (χ1) is 9.60. The topological polar surface area (TPSA) is 63.0 Å². The zero-order valence-corrected chi connectivity index (χ0v) is 13.4. The Hall–Kier alpha value is -1.22. The molecule has 0 spiro atoms. The standard InChI is InChI=1S/C13H16FIN4O/c1-3-6-16-8(2)12-18-19-13(20-12)17-11-5-4-9(14)7-10(11)15/h4-5,7-8,16H,3,6H2,1-2H3,(H,17,19). The Morgan fingerprint density at radius 1 is 1.40 bits per heavy atom. The molecule has 0 aliphatic carbocycles. The quantitative estimate of drug-likeness (QED) is 0.738. The monoisotopic (exact) mass is 390 g/mol. The highest BCUT2D eigenvalue weighted by Crippen LogP contribution is 2.23. The molecule has 108 valence electrons. The predicted molar refractivity (Wildman–Crippen MR) is 83.4 cm³/mol. The molecule has 1 atom stereocenters. The van der Waals surface area contributed by atoms with E-state index in [1.165, 1.54) is 12.1 Å². The highest BCUT2D eigenvalue weighted by molar-refractivity contribution is 14.1. The number of hydrogen-bond donors (Lipinski definition) is 2. The first-order valence-corrected chi connectivity index (χ1v) is 7.47. The van der Waals surface area contributed by atoms with Gasteiger partial charge in [-0.05, 0) is 60.7 Å². The molecule has 1 unspecified atom stereocenters. The van der Waals surface area contributed by atoms with Crippen LogP contribution in [0.3, 0.4) is 0 Å². The SMILES string of the molecule is CCCNC(C)c1nnc(Nc2ccc(F)cc2I)o1. The Morgan fingerprint density at radius 3 is 2.90 bits per heavy atom. The smallest absolute Gasteiger partial charge is 0.320 e. The fourth-order valence-corrected chi connectivity index (χ4v) is 2.23. The molecule has 20 heavy (non-hydrogen) atoms. The molecule has 0 radical (unpaired) electrons. The summed E-state index contributed by atoms with van der Waals surface area (Å²) in [6.07, 6.45) is 1.04. The van der Waals surface area contributed by atoms with Crippen molar-refractivity contribution < 1.29 is 8.81 Å². The van der Waals surface area contributed by atoms with Crippen molar-refractivity contribution in [3.8, 4) is 0 Å². The summed E-state index contributed by atoms with van der Waals surface area (Å²) in [6, 6.07) is 4.76. The van der Waals surface area contributed by atoms with Crippen molar-refractivity contribution >= 4 is 34.3 Å². The van der Waals surface area contributed by atoms with E-state index in [4.69, 9.17) is 4.42 Å². The lowest BCUT2D eigenvalue weighted by molar-refractivity contribution is 0.424. The second kappa shape index (κ2) is 6.98. The molecule has 2 rings (SSSR count). The molecular formula is C13H16FIN4O. The van der Waals surface area contributed by atoms with Crippen LogP contribution in [0.25, 0.3) is 0 Å². The van der Waals surface area contributed by atoms with E-state index in [0.29, 0.717) is 11.9 Å². The van der Waals surface area contributed by atoms with Crippen molar-refractivity contribution in [1.82, 2.24) is 15.5 Å². The molecule has 1 aromatic carbocycles. The van der Waals surface area contributed by atoms with Crippen LogP contribution in [0.2, 0.25) is 0 Å². The summed E-state index contributed by atoms with van der Waals surface area (Å²) in [4.78, 5) is 0. The number of nitrogens with zero attached hydrogens (tertiary/aromatic N) is 2. The van der Waals surface area contributed by atoms with Crippen molar-refractivity contribution in [2.24, 2.45) is 0 Å². The summed E-state index contributed by atoms with van der Waals surface area (Å²) in [5.74, 6) is 0.252. The molecule has 2 N–H and O–H groups in total. The van der Waals surface area contributed by atoms with E-state index in [1.807, 2.05) is 29.5 Å². The van der Waals surface area contributed by atoms with E-state index in [-0.39, 0.29) is 11.9 Å². The third-order valence-corrected chi connectivity index (χ3v) is 3.58. The lowest BCUT2D eigenvalue weighted by Gasteiger charge is -2.07. The largest absolute Gasteiger partial charge is 0.406 e. The van der Waals surface area contributed by atoms with Crippen LogP contribution in [0, 0.1) is 9.39 Å². The van der Waals surface area contributed by atoms with Gasteiger partial charge in [-0.2, -0.15) is 0 Å². The fraction of sp³-hybridized carbons (Fsp3) is 0.385. The third kappa shape index (κ3) is 3.89. The Bertz CT molecular complexity index is 575. The average Bonchev–Trinajstić information content (AvgIpc) is 2.88. The minimum absolute atomic E-state index is 0.00490. The Morgan fingerprint density at radius 2 is 2.20 bits per heavy atom. The van der Waals surface area contributed by atoms with Crippen LogP contribution in [0.15, 0.2) is 22.6 Å². The van der Waals surface area contributed by atoms with Crippen molar-refractivity contribution in [3.63, 3.8) is 0 Å². The summed E-state index contributed by atoms with van der Waals surface area (Å²) in [5.41, 5.74) is 0.733. The van der Waals surface area contributed by atoms with Gasteiger partial charge >= 0.3 is 6.01 Å². The van der Waals surface area contributed by atoms with Gasteiger partial charge < -0.3 is 15.1 Å². The Labute approximate surface area is 130 Å². The van der Waals surface area contributed by atoms with Crippen LogP contribution in [0.5, 0.6) is 0 Å². The van der Waals surface area contributed by atoms with Gasteiger partial charge in [0.25, 0.3) is 0 Å². The number of nitrogens with one attached hydrogen (secondary N) is 2. The van der Waals surface area contributed by atoms with Crippen LogP contribution < -0.4 is 10.6 Å². The molecule has 0 aliphatic rings. The maximum atomic E-state index is 13.0. The maximum Gasteiger partial charge on any atom is 0.320 e. The summed E-state index contributed by atoms with van der Waals surface area (Å²) in [5, 5.41) is 14.2. The number of rotatable bonds is 6. The molecule has 0 bridgehead atoms. The molecular weight excluding hydrogens is 374 g/mol. The van der Waals surface area contributed by atoms with E-state index in [0.717, 1.165) is 22.2 Å². The number of hydrogen-bond acceptors (Lipinski definition) is 5. The van der Waals surface area contributed by atoms with Crippen LogP contribution in [-0.2, 0) is 0 Å². The van der Waals surface area contributed by atoms with Gasteiger partial charge in [0.05, 0.1) is 11.7 Å². The summed E-state index contributed by atoms with van der Waals surface area (Å²) in [6.45, 7) is 4.95. The fourth-order valence-electron chi connectivity index (χ4n) is 1.61. The number of benzene rings is 1. The molecule has 0 fully saturated rings. The minimum Gasteiger partial charge on any atom is -0.406 e. The second-order valence-corrected chi connectivity index (χ2v) is 5.53. The van der Waals surface area contributed by atoms with Crippen molar-refractivity contribution in [2.75, 3.05) is 11.9 Å². The van der Waals surface area contributed by atoms with Crippen molar-refractivity contribution in [1.29, 1.82) is 0 Å². The molecule has 2 aromatic rings. The molecule has 0 aliphatic heterocycles. The second-order valence-electron chi connectivity index (χ2n) is 4.37. The summed E-state index contributed by atoms with van der Waals surface area (Å²) < 4.78 is 19.3. The van der Waals surface area contributed by atoms with E-state index in [1.54, 1.807) is 6.07 Å². The molecule has 0 saturated carbocycles. The van der Waals surface area contributed by atoms with Gasteiger partial charge in [0, 0.05) is 3.57 Å². The average molecular weight is 390 g/mol. The predicted octanol–water partition coefficient (Wildman–Crippen LogP) is 3.62. The normalized spacial score (nSPS) is 12.4. The van der Waals surface area contributed by atoms with Gasteiger partial charge in [-0.15, -0.1) is 5.10 Å². The number of aromatic nitrogens is 2. The van der Waals surface area contributed by atoms with Gasteiger partial charge in [-0.1, -0.05) is 12.0 Å². The van der Waals surface area contributed by atoms with E-state index >= 15 is 0 Å². The molecule has 5 nitrogen and oxygen atoms in total. The molecule has 1 aromatic heterocycles. The summed E-state index contributed by atoms with van der Waals surface area (Å²) in [7, 11) is 0. The minimum atomic E-state index is -0.274. The first kappa shape index (κ1) is 15.2. The highest BCUT2D eigenvalue weighted by atomic mass is 127. The maximum absolute atomic E-state index is 13.0. The molecule has 0 saturated heterocycles. The van der Waals surface area contributed by atoms with Gasteiger partial charge in [0.2, 0.25) is 5.89 Å². The van der Waals surface area contributed by atoms with Crippen LogP contribution >= 0.6 is 22.6 Å². The Kier molecular flexibility index (Phi) is 5.30. The van der Waals surface area contributed by atoms with E-state index in [2.05, 4.69) is 27.8 Å². The zero-order chi connectivity index (χ0) is 14.5. The van der Waals surface area contributed by atoms with E-state index in [9.17, 15) is 4.39 Å². The number of halogens is 2. The molecule has 0 amide bonds. The third-order valence-electron chi connectivity index (χ3n) is 2.68. The van der Waals surface area contributed by atoms with Crippen LogP contribution in [0.1, 0.15) is 32.2 Å². The zero-order valence-electron chi connectivity index (χ0n) is 11.3. The van der Waals surface area contributed by atoms with Crippen LogP contribution in [-0.4, -0.2) is 16.7 Å². The van der Waals surface area contributed by atoms with Gasteiger partial charge in [0.15, 0.2) is 0 Å².